The van der Waals surface area contributed by atoms with Crippen molar-refractivity contribution in [3.8, 4) is 0 Å². The molecule has 2 aliphatic rings. The van der Waals surface area contributed by atoms with Crippen molar-refractivity contribution < 1.29 is 14.3 Å². The van der Waals surface area contributed by atoms with Crippen LogP contribution in [0.1, 0.15) is 0 Å². The summed E-state index contributed by atoms with van der Waals surface area (Å²) in [5.74, 6) is -0.154. The second-order valence-electron chi connectivity index (χ2n) is 5.56. The fourth-order valence-electron chi connectivity index (χ4n) is 3.06. The Morgan fingerprint density at radius 2 is 1.74 bits per heavy atom. The van der Waals surface area contributed by atoms with Crippen LogP contribution in [0, 0.1) is 0 Å². The number of nitrogens with zero attached hydrogens (tertiary/aromatic N) is 2. The molecule has 2 aliphatic heterocycles. The minimum Gasteiger partial charge on any atom is -0.379 e. The maximum Gasteiger partial charge on any atom is 0.295 e. The van der Waals surface area contributed by atoms with Crippen molar-refractivity contribution >= 4 is 39.4 Å². The zero-order valence-corrected chi connectivity index (χ0v) is 13.3. The Balaban J connectivity index is 1.71. The number of thioether (sulfide) groups is 1. The van der Waals surface area contributed by atoms with Gasteiger partial charge in [0, 0.05) is 18.5 Å². The Kier molecular flexibility index (Phi) is 3.80. The number of carbonyl (C=O) groups is 2. The number of hydrogen-bond donors (Lipinski definition) is 0. The molecule has 6 heteroatoms. The molecule has 2 fully saturated rings. The molecule has 2 amide bonds. The predicted octanol–water partition coefficient (Wildman–Crippen LogP) is 2.70. The number of rotatable bonds is 2. The van der Waals surface area contributed by atoms with Gasteiger partial charge in [-0.15, -0.1) is 0 Å². The zero-order chi connectivity index (χ0) is 15.8. The Labute approximate surface area is 138 Å². The summed E-state index contributed by atoms with van der Waals surface area (Å²) in [4.78, 5) is 28.7. The van der Waals surface area contributed by atoms with E-state index in [1.54, 1.807) is 0 Å². The highest BCUT2D eigenvalue weighted by molar-refractivity contribution is 8.15. The first-order chi connectivity index (χ1) is 11.3. The molecule has 0 spiro atoms. The minimum atomic E-state index is -0.439. The Morgan fingerprint density at radius 1 is 1.00 bits per heavy atom. The highest BCUT2D eigenvalue weighted by Gasteiger charge is 2.44. The first kappa shape index (κ1) is 14.7. The fourth-order valence-corrected chi connectivity index (χ4v) is 4.11. The van der Waals surface area contributed by atoms with Crippen molar-refractivity contribution in [1.29, 1.82) is 0 Å². The van der Waals surface area contributed by atoms with E-state index in [0.29, 0.717) is 32.0 Å². The van der Waals surface area contributed by atoms with Gasteiger partial charge in [0.15, 0.2) is 0 Å². The van der Waals surface area contributed by atoms with Crippen LogP contribution in [-0.4, -0.2) is 47.7 Å². The molecule has 0 bridgehead atoms. The van der Waals surface area contributed by atoms with E-state index in [9.17, 15) is 9.59 Å². The lowest BCUT2D eigenvalue weighted by atomic mass is 10.1. The predicted molar refractivity (Wildman–Crippen MR) is 90.6 cm³/mol. The fraction of sp³-hybridized carbons (Fsp3) is 0.294. The van der Waals surface area contributed by atoms with E-state index in [-0.39, 0.29) is 11.1 Å². The van der Waals surface area contributed by atoms with Crippen LogP contribution in [0.15, 0.2) is 42.5 Å². The summed E-state index contributed by atoms with van der Waals surface area (Å²) >= 11 is 1.10. The van der Waals surface area contributed by atoms with Crippen LogP contribution >= 0.6 is 11.8 Å². The molecule has 0 aliphatic carbocycles. The van der Waals surface area contributed by atoms with Gasteiger partial charge in [0.1, 0.15) is 5.37 Å². The van der Waals surface area contributed by atoms with Crippen LogP contribution < -0.4 is 4.90 Å². The van der Waals surface area contributed by atoms with Crippen LogP contribution in [0.5, 0.6) is 0 Å². The molecule has 0 saturated carbocycles. The molecule has 0 N–H and O–H groups in total. The second kappa shape index (κ2) is 5.96. The van der Waals surface area contributed by atoms with Gasteiger partial charge in [-0.05, 0) is 23.2 Å². The molecule has 2 saturated heterocycles. The summed E-state index contributed by atoms with van der Waals surface area (Å²) in [5, 5.41) is 1.29. The molecule has 118 valence electrons. The van der Waals surface area contributed by atoms with Crippen molar-refractivity contribution in [3.63, 3.8) is 0 Å². The maximum atomic E-state index is 12.9. The van der Waals surface area contributed by atoms with E-state index in [4.69, 9.17) is 4.74 Å². The van der Waals surface area contributed by atoms with Crippen molar-refractivity contribution in [1.82, 2.24) is 4.90 Å². The number of benzene rings is 2. The summed E-state index contributed by atoms with van der Waals surface area (Å²) in [5.41, 5.74) is 0.668. The van der Waals surface area contributed by atoms with E-state index < -0.39 is 5.37 Å². The third-order valence-corrected chi connectivity index (χ3v) is 5.32. The van der Waals surface area contributed by atoms with E-state index in [1.807, 2.05) is 47.4 Å². The van der Waals surface area contributed by atoms with Gasteiger partial charge >= 0.3 is 0 Å². The van der Waals surface area contributed by atoms with E-state index in [0.717, 1.165) is 22.5 Å². The highest BCUT2D eigenvalue weighted by atomic mass is 32.2. The molecule has 5 nitrogen and oxygen atoms in total. The van der Waals surface area contributed by atoms with Crippen LogP contribution in [0.3, 0.4) is 0 Å². The van der Waals surface area contributed by atoms with Gasteiger partial charge in [0.2, 0.25) is 0 Å². The van der Waals surface area contributed by atoms with Crippen LogP contribution in [0.4, 0.5) is 10.5 Å². The summed E-state index contributed by atoms with van der Waals surface area (Å²) in [6, 6.07) is 13.5. The van der Waals surface area contributed by atoms with Gasteiger partial charge in [0.05, 0.1) is 18.9 Å². The maximum absolute atomic E-state index is 12.9. The average Bonchev–Trinajstić information content (AvgIpc) is 2.90. The lowest BCUT2D eigenvalue weighted by Crippen LogP contribution is -2.46. The SMILES string of the molecule is O=C1SC(N2CCOCC2)C(=O)N1c1cccc2ccccc12. The number of ether oxygens (including phenoxy) is 1. The normalized spacial score (nSPS) is 23.0. The lowest BCUT2D eigenvalue weighted by Gasteiger charge is -2.29. The minimum absolute atomic E-state index is 0.154. The van der Waals surface area contributed by atoms with Gasteiger partial charge in [-0.1, -0.05) is 36.4 Å². The van der Waals surface area contributed by atoms with Crippen molar-refractivity contribution in [2.24, 2.45) is 0 Å². The third kappa shape index (κ3) is 2.52. The Morgan fingerprint density at radius 3 is 2.57 bits per heavy atom. The van der Waals surface area contributed by atoms with Crippen LogP contribution in [-0.2, 0) is 9.53 Å². The first-order valence-corrected chi connectivity index (χ1v) is 8.48. The number of imide groups is 1. The van der Waals surface area contributed by atoms with Gasteiger partial charge in [0.25, 0.3) is 11.1 Å². The molecule has 2 heterocycles. The van der Waals surface area contributed by atoms with E-state index in [2.05, 4.69) is 0 Å². The smallest absolute Gasteiger partial charge is 0.295 e. The summed E-state index contributed by atoms with van der Waals surface area (Å²) in [7, 11) is 0. The largest absolute Gasteiger partial charge is 0.379 e. The molecule has 2 aromatic rings. The number of fused-ring (bicyclic) bond motifs is 1. The number of amides is 2. The van der Waals surface area contributed by atoms with Gasteiger partial charge < -0.3 is 4.74 Å². The molecule has 0 aromatic heterocycles. The van der Waals surface area contributed by atoms with Crippen molar-refractivity contribution in [2.45, 2.75) is 5.37 Å². The van der Waals surface area contributed by atoms with Gasteiger partial charge in [-0.2, -0.15) is 0 Å². The van der Waals surface area contributed by atoms with E-state index >= 15 is 0 Å². The molecule has 23 heavy (non-hydrogen) atoms. The van der Waals surface area contributed by atoms with Gasteiger partial charge in [-0.3, -0.25) is 14.5 Å². The number of carbonyl (C=O) groups excluding carboxylic acids is 2. The average molecular weight is 328 g/mol. The molecule has 4 rings (SSSR count). The number of morpholine rings is 1. The molecule has 2 aromatic carbocycles. The molecule has 1 unspecified atom stereocenters. The Bertz CT molecular complexity index is 768. The number of anilines is 1. The van der Waals surface area contributed by atoms with Gasteiger partial charge in [-0.25, -0.2) is 4.90 Å². The quantitative estimate of drug-likeness (QED) is 0.848. The summed E-state index contributed by atoms with van der Waals surface area (Å²) < 4.78 is 5.33. The topological polar surface area (TPSA) is 49.9 Å². The first-order valence-electron chi connectivity index (χ1n) is 7.60. The third-order valence-electron chi connectivity index (χ3n) is 4.21. The Hall–Kier alpha value is -1.89. The van der Waals surface area contributed by atoms with Crippen LogP contribution in [0.2, 0.25) is 0 Å². The molecule has 0 radical (unpaired) electrons. The lowest BCUT2D eigenvalue weighted by molar-refractivity contribution is -0.120. The van der Waals surface area contributed by atoms with Crippen LogP contribution in [0.25, 0.3) is 10.8 Å². The summed E-state index contributed by atoms with van der Waals surface area (Å²) in [6.45, 7) is 2.57. The highest BCUT2D eigenvalue weighted by Crippen LogP contribution is 2.37. The standard InChI is InChI=1S/C17H16N2O3S/c20-15-16(18-8-10-22-11-9-18)23-17(21)19(15)14-7-3-5-12-4-1-2-6-13(12)14/h1-7,16H,8-11H2. The van der Waals surface area contributed by atoms with E-state index in [1.165, 1.54) is 4.90 Å². The molecule has 1 atom stereocenters. The molecular weight excluding hydrogens is 312 g/mol. The summed E-state index contributed by atoms with van der Waals surface area (Å²) in [6.07, 6.45) is 0. The van der Waals surface area contributed by atoms with Crippen molar-refractivity contribution in [3.05, 3.63) is 42.5 Å². The van der Waals surface area contributed by atoms with Crippen molar-refractivity contribution in [2.75, 3.05) is 31.2 Å². The zero-order valence-electron chi connectivity index (χ0n) is 12.5. The number of hydrogen-bond acceptors (Lipinski definition) is 5. The molecular formula is C17H16N2O3S. The monoisotopic (exact) mass is 328 g/mol. The second-order valence-corrected chi connectivity index (χ2v) is 6.59.